The quantitative estimate of drug-likeness (QED) is 0.377. The summed E-state index contributed by atoms with van der Waals surface area (Å²) in [4.78, 5) is 52.8. The van der Waals surface area contributed by atoms with Crippen LogP contribution in [0.2, 0.25) is 0 Å². The highest BCUT2D eigenvalue weighted by molar-refractivity contribution is 7.90. The highest BCUT2D eigenvalue weighted by Crippen LogP contribution is 2.34. The van der Waals surface area contributed by atoms with Crippen LogP contribution in [0, 0.1) is 19.7 Å². The number of hydrogen-bond acceptors (Lipinski definition) is 7. The van der Waals surface area contributed by atoms with Gasteiger partial charge >= 0.3 is 5.69 Å². The summed E-state index contributed by atoms with van der Waals surface area (Å²) >= 11 is 0. The number of pyridine rings is 1. The van der Waals surface area contributed by atoms with Gasteiger partial charge in [0.25, 0.3) is 27.0 Å². The Bertz CT molecular complexity index is 2070. The highest BCUT2D eigenvalue weighted by Gasteiger charge is 2.35. The Balaban J connectivity index is 0.00000165. The van der Waals surface area contributed by atoms with Crippen LogP contribution in [0.4, 0.5) is 15.9 Å². The van der Waals surface area contributed by atoms with E-state index in [9.17, 15) is 32.0 Å². The van der Waals surface area contributed by atoms with Gasteiger partial charge < -0.3 is 5.32 Å². The van der Waals surface area contributed by atoms with E-state index >= 15 is 0 Å². The Morgan fingerprint density at radius 2 is 1.66 bits per heavy atom. The molecule has 2 aromatic heterocycles. The summed E-state index contributed by atoms with van der Waals surface area (Å²) < 4.78 is 45.2. The molecule has 11 nitrogen and oxygen atoms in total. The minimum atomic E-state index is -4.16. The first kappa shape index (κ1) is 28.0. The zero-order valence-electron chi connectivity index (χ0n) is 23.0. The maximum Gasteiger partial charge on any atom is 0.336 e. The zero-order chi connectivity index (χ0) is 30.0. The molecule has 214 valence electrons. The third-order valence-electron chi connectivity index (χ3n) is 7.12. The van der Waals surface area contributed by atoms with Gasteiger partial charge in [-0.3, -0.25) is 28.1 Å². The van der Waals surface area contributed by atoms with Crippen LogP contribution in [0.25, 0.3) is 16.6 Å². The lowest BCUT2D eigenvalue weighted by molar-refractivity contribution is 0.0985. The molecule has 6 rings (SSSR count). The maximum absolute atomic E-state index is 14.8. The number of nitrogens with zero attached hydrogens (tertiary/aromatic N) is 3. The van der Waals surface area contributed by atoms with Crippen molar-refractivity contribution in [1.82, 2.24) is 18.4 Å². The number of hydrogen-bond donors (Lipinski definition) is 2. The number of nitrogens with one attached hydrogen (secondary N) is 2. The molecule has 1 saturated carbocycles. The number of sulfonamides is 1. The summed E-state index contributed by atoms with van der Waals surface area (Å²) in [5.41, 5.74) is -1.32. The minimum absolute atomic E-state index is 0.0177. The fourth-order valence-corrected chi connectivity index (χ4v) is 6.19. The second-order valence-corrected chi connectivity index (χ2v) is 11.5. The van der Waals surface area contributed by atoms with Crippen LogP contribution in [0.5, 0.6) is 0 Å². The standard InChI is InChI=1S/C26H22FN5O6S.C2H6/c1-12-4-9-18(17(27)10-12)28-22-20-21(13(2)24(34)30(22)3)31(26(36)32(25(20)35)14-5-6-14)15-7-8-16-19(11-15)39(37,38)29-23(16)33;1-2/h4,7-11,14,28H,5-6H2,1-3H3,(H,29,33);1-2H3. The average Bonchev–Trinajstić information content (AvgIpc) is 3.73. The van der Waals surface area contributed by atoms with E-state index in [0.29, 0.717) is 18.4 Å². The summed E-state index contributed by atoms with van der Waals surface area (Å²) in [6.07, 6.45) is 1.16. The number of aromatic nitrogens is 3. The van der Waals surface area contributed by atoms with Crippen LogP contribution in [0.1, 0.15) is 54.2 Å². The lowest BCUT2D eigenvalue weighted by atomic mass is 10.1. The zero-order valence-corrected chi connectivity index (χ0v) is 23.8. The number of carbonyl (C=O) groups is 1. The summed E-state index contributed by atoms with van der Waals surface area (Å²) in [7, 11) is -2.73. The molecule has 0 unspecified atom stereocenters. The first-order chi connectivity index (χ1) is 19.4. The Labute approximate surface area is 233 Å². The van der Waals surface area contributed by atoms with E-state index in [1.165, 1.54) is 42.8 Å². The first-order valence-corrected chi connectivity index (χ1v) is 14.5. The molecular weight excluding hydrogens is 553 g/mol. The molecule has 0 radical (unpaired) electrons. The average molecular weight is 582 g/mol. The number of amides is 1. The van der Waals surface area contributed by atoms with Gasteiger partial charge in [-0.2, -0.15) is 0 Å². The summed E-state index contributed by atoms with van der Waals surface area (Å²) in [6, 6.07) is 7.87. The monoisotopic (exact) mass is 581 g/mol. The first-order valence-electron chi connectivity index (χ1n) is 13.1. The molecule has 1 amide bonds. The van der Waals surface area contributed by atoms with E-state index in [-0.39, 0.29) is 50.2 Å². The van der Waals surface area contributed by atoms with E-state index in [1.54, 1.807) is 13.0 Å². The van der Waals surface area contributed by atoms with Gasteiger partial charge in [0.1, 0.15) is 21.9 Å². The predicted octanol–water partition coefficient (Wildman–Crippen LogP) is 3.14. The molecule has 4 aromatic rings. The Morgan fingerprint density at radius 3 is 2.29 bits per heavy atom. The van der Waals surface area contributed by atoms with Gasteiger partial charge in [-0.15, -0.1) is 0 Å². The molecule has 3 heterocycles. The van der Waals surface area contributed by atoms with Crippen LogP contribution in [-0.4, -0.2) is 28.0 Å². The van der Waals surface area contributed by atoms with Gasteiger partial charge in [-0.25, -0.2) is 22.3 Å². The second-order valence-electron chi connectivity index (χ2n) is 9.81. The lowest BCUT2D eigenvalue weighted by Crippen LogP contribution is -2.41. The Morgan fingerprint density at radius 1 is 0.976 bits per heavy atom. The Kier molecular flexibility index (Phi) is 6.72. The second kappa shape index (κ2) is 9.84. The number of benzene rings is 2. The smallest absolute Gasteiger partial charge is 0.336 e. The van der Waals surface area contributed by atoms with Crippen LogP contribution in [0.3, 0.4) is 0 Å². The molecule has 1 aliphatic carbocycles. The van der Waals surface area contributed by atoms with E-state index in [0.717, 1.165) is 15.2 Å². The van der Waals surface area contributed by atoms with Crippen molar-refractivity contribution >= 4 is 38.3 Å². The van der Waals surface area contributed by atoms with E-state index in [2.05, 4.69) is 5.32 Å². The molecular formula is C28H28FN5O6S. The molecule has 2 aliphatic rings. The number of carbonyl (C=O) groups excluding carboxylic acids is 1. The van der Waals surface area contributed by atoms with Crippen LogP contribution in [0.15, 0.2) is 55.7 Å². The van der Waals surface area contributed by atoms with Crippen LogP contribution in [-0.2, 0) is 17.1 Å². The van der Waals surface area contributed by atoms with Crippen molar-refractivity contribution in [2.45, 2.75) is 51.5 Å². The van der Waals surface area contributed by atoms with Crippen LogP contribution >= 0.6 is 0 Å². The molecule has 1 fully saturated rings. The Hall–Kier alpha value is -4.52. The molecule has 13 heteroatoms. The highest BCUT2D eigenvalue weighted by atomic mass is 32.2. The SMILES string of the molecule is CC.Cc1ccc(Nc2c3c(=O)n(C4CC4)c(=O)n(-c4ccc5c(c4)S(=O)(=O)NC5=O)c3c(C)c(=O)n2C)c(F)c1. The van der Waals surface area contributed by atoms with Crippen molar-refractivity contribution < 1.29 is 17.6 Å². The minimum Gasteiger partial charge on any atom is -0.338 e. The van der Waals surface area contributed by atoms with E-state index in [4.69, 9.17) is 0 Å². The molecule has 0 atom stereocenters. The number of halogens is 1. The van der Waals surface area contributed by atoms with Crippen LogP contribution < -0.4 is 26.8 Å². The summed E-state index contributed by atoms with van der Waals surface area (Å²) in [6.45, 7) is 7.17. The third-order valence-corrected chi connectivity index (χ3v) is 8.49. The van der Waals surface area contributed by atoms with Gasteiger partial charge in [0.05, 0.1) is 22.5 Å². The molecule has 0 saturated heterocycles. The van der Waals surface area contributed by atoms with Gasteiger partial charge in [0.15, 0.2) is 0 Å². The lowest BCUT2D eigenvalue weighted by Gasteiger charge is -2.21. The number of rotatable bonds is 4. The van der Waals surface area contributed by atoms with Gasteiger partial charge in [0.2, 0.25) is 0 Å². The number of aryl methyl sites for hydroxylation is 2. The van der Waals surface area contributed by atoms with Gasteiger partial charge in [0, 0.05) is 18.7 Å². The van der Waals surface area contributed by atoms with Gasteiger partial charge in [-0.05, 0) is 62.6 Å². The van der Waals surface area contributed by atoms with Crippen molar-refractivity contribution in [3.8, 4) is 5.69 Å². The molecule has 0 spiro atoms. The summed E-state index contributed by atoms with van der Waals surface area (Å²) in [5.74, 6) is -1.43. The predicted molar refractivity (Wildman–Crippen MR) is 152 cm³/mol. The molecule has 41 heavy (non-hydrogen) atoms. The maximum atomic E-state index is 14.8. The van der Waals surface area contributed by atoms with Crippen molar-refractivity contribution in [3.05, 3.63) is 90.1 Å². The van der Waals surface area contributed by atoms with E-state index in [1.807, 2.05) is 18.6 Å². The number of anilines is 2. The molecule has 0 bridgehead atoms. The topological polar surface area (TPSA) is 141 Å². The number of fused-ring (bicyclic) bond motifs is 2. The molecule has 2 aromatic carbocycles. The van der Waals surface area contributed by atoms with E-state index < -0.39 is 38.6 Å². The van der Waals surface area contributed by atoms with Gasteiger partial charge in [-0.1, -0.05) is 19.9 Å². The summed E-state index contributed by atoms with van der Waals surface area (Å²) in [5, 5.41) is 2.83. The van der Waals surface area contributed by atoms with Crippen molar-refractivity contribution in [3.63, 3.8) is 0 Å². The third kappa shape index (κ3) is 4.36. The van der Waals surface area contributed by atoms with Crippen molar-refractivity contribution in [1.29, 1.82) is 0 Å². The van der Waals surface area contributed by atoms with Crippen molar-refractivity contribution in [2.24, 2.45) is 7.05 Å². The fourth-order valence-electron chi connectivity index (χ4n) is 5.00. The fraction of sp³-hybridized carbons (Fsp3) is 0.286. The van der Waals surface area contributed by atoms with Crippen molar-refractivity contribution in [2.75, 3.05) is 5.32 Å². The largest absolute Gasteiger partial charge is 0.338 e. The molecule has 2 N–H and O–H groups in total. The normalized spacial score (nSPS) is 15.2. The molecule has 1 aliphatic heterocycles.